The summed E-state index contributed by atoms with van der Waals surface area (Å²) in [6, 6.07) is 11.9. The van der Waals surface area contributed by atoms with Crippen molar-refractivity contribution in [2.45, 2.75) is 58.2 Å². The zero-order chi connectivity index (χ0) is 13.9. The van der Waals surface area contributed by atoms with Gasteiger partial charge in [0.2, 0.25) is 0 Å². The standard InChI is InChI=1S/C17H28N2/c1-5-17(4,6-2)19-13-16(18-12-14(19)3)15-10-8-7-9-11-15/h7-11,14,16,18H,5-6,12-13H2,1-4H3. The highest BCUT2D eigenvalue weighted by atomic mass is 15.3. The summed E-state index contributed by atoms with van der Waals surface area (Å²) in [5.74, 6) is 0. The van der Waals surface area contributed by atoms with Gasteiger partial charge in [-0.25, -0.2) is 0 Å². The molecule has 1 saturated heterocycles. The van der Waals surface area contributed by atoms with Crippen LogP contribution in [0.1, 0.15) is 52.1 Å². The first-order valence-electron chi connectivity index (χ1n) is 7.65. The molecule has 2 rings (SSSR count). The summed E-state index contributed by atoms with van der Waals surface area (Å²) in [4.78, 5) is 2.71. The predicted molar refractivity (Wildman–Crippen MR) is 82.3 cm³/mol. The Morgan fingerprint density at radius 1 is 1.21 bits per heavy atom. The minimum atomic E-state index is 0.328. The van der Waals surface area contributed by atoms with Crippen LogP contribution in [-0.4, -0.2) is 29.6 Å². The molecule has 1 fully saturated rings. The van der Waals surface area contributed by atoms with Gasteiger partial charge in [0.1, 0.15) is 0 Å². The van der Waals surface area contributed by atoms with Crippen molar-refractivity contribution in [3.05, 3.63) is 35.9 Å². The molecule has 1 heterocycles. The molecule has 1 aliphatic rings. The maximum atomic E-state index is 3.69. The number of nitrogens with one attached hydrogen (secondary N) is 1. The molecule has 2 nitrogen and oxygen atoms in total. The van der Waals surface area contributed by atoms with Gasteiger partial charge in [0.15, 0.2) is 0 Å². The Morgan fingerprint density at radius 2 is 1.84 bits per heavy atom. The summed E-state index contributed by atoms with van der Waals surface area (Å²) in [5, 5.41) is 3.69. The second-order valence-corrected chi connectivity index (χ2v) is 6.08. The Morgan fingerprint density at radius 3 is 2.42 bits per heavy atom. The molecule has 1 aromatic rings. The molecule has 0 bridgehead atoms. The van der Waals surface area contributed by atoms with Gasteiger partial charge in [-0.1, -0.05) is 44.2 Å². The monoisotopic (exact) mass is 260 g/mol. The minimum Gasteiger partial charge on any atom is -0.307 e. The second-order valence-electron chi connectivity index (χ2n) is 6.08. The van der Waals surface area contributed by atoms with E-state index in [1.807, 2.05) is 0 Å². The number of nitrogens with zero attached hydrogens (tertiary/aromatic N) is 1. The third-order valence-corrected chi connectivity index (χ3v) is 4.99. The van der Waals surface area contributed by atoms with Crippen LogP contribution in [-0.2, 0) is 0 Å². The summed E-state index contributed by atoms with van der Waals surface area (Å²) in [6.45, 7) is 11.6. The van der Waals surface area contributed by atoms with E-state index < -0.39 is 0 Å². The molecule has 106 valence electrons. The molecule has 0 saturated carbocycles. The third-order valence-electron chi connectivity index (χ3n) is 4.99. The third kappa shape index (κ3) is 3.01. The van der Waals surface area contributed by atoms with Crippen LogP contribution in [0.3, 0.4) is 0 Å². The average molecular weight is 260 g/mol. The van der Waals surface area contributed by atoms with Gasteiger partial charge in [-0.2, -0.15) is 0 Å². The molecule has 2 heteroatoms. The highest BCUT2D eigenvalue weighted by Crippen LogP contribution is 2.30. The van der Waals surface area contributed by atoms with E-state index in [-0.39, 0.29) is 0 Å². The zero-order valence-electron chi connectivity index (χ0n) is 12.8. The summed E-state index contributed by atoms with van der Waals surface area (Å²) in [7, 11) is 0. The van der Waals surface area contributed by atoms with Gasteiger partial charge in [0.05, 0.1) is 0 Å². The Bertz CT molecular complexity index is 384. The Labute approximate surface area is 118 Å². The first-order valence-corrected chi connectivity index (χ1v) is 7.65. The Balaban J connectivity index is 2.16. The molecule has 1 N–H and O–H groups in total. The van der Waals surface area contributed by atoms with Crippen LogP contribution in [0, 0.1) is 0 Å². The SMILES string of the molecule is CCC(C)(CC)N1CC(c2ccccc2)NCC1C. The molecule has 0 spiro atoms. The maximum Gasteiger partial charge on any atom is 0.0450 e. The maximum absolute atomic E-state index is 3.69. The molecule has 0 radical (unpaired) electrons. The van der Waals surface area contributed by atoms with E-state index in [0.717, 1.165) is 13.1 Å². The van der Waals surface area contributed by atoms with Crippen LogP contribution in [0.4, 0.5) is 0 Å². The van der Waals surface area contributed by atoms with Crippen LogP contribution in [0.15, 0.2) is 30.3 Å². The van der Waals surface area contributed by atoms with Crippen molar-refractivity contribution in [1.29, 1.82) is 0 Å². The lowest BCUT2D eigenvalue weighted by Crippen LogP contribution is -2.59. The van der Waals surface area contributed by atoms with Crippen LogP contribution in [0.2, 0.25) is 0 Å². The molecular formula is C17H28N2. The first-order chi connectivity index (χ1) is 9.10. The Hall–Kier alpha value is -0.860. The lowest BCUT2D eigenvalue weighted by Gasteiger charge is -2.49. The number of hydrogen-bond donors (Lipinski definition) is 1. The van der Waals surface area contributed by atoms with Crippen molar-refractivity contribution >= 4 is 0 Å². The van der Waals surface area contributed by atoms with Gasteiger partial charge in [0, 0.05) is 30.7 Å². The van der Waals surface area contributed by atoms with E-state index in [4.69, 9.17) is 0 Å². The normalized spacial score (nSPS) is 25.5. The van der Waals surface area contributed by atoms with Crippen molar-refractivity contribution in [2.75, 3.05) is 13.1 Å². The van der Waals surface area contributed by atoms with Gasteiger partial charge in [-0.15, -0.1) is 0 Å². The molecular weight excluding hydrogens is 232 g/mol. The molecule has 19 heavy (non-hydrogen) atoms. The lowest BCUT2D eigenvalue weighted by molar-refractivity contribution is 0.0212. The number of rotatable bonds is 4. The minimum absolute atomic E-state index is 0.328. The largest absolute Gasteiger partial charge is 0.307 e. The second kappa shape index (κ2) is 6.06. The van der Waals surface area contributed by atoms with E-state index in [0.29, 0.717) is 17.6 Å². The molecule has 0 aromatic heterocycles. The van der Waals surface area contributed by atoms with E-state index in [1.54, 1.807) is 0 Å². The van der Waals surface area contributed by atoms with Crippen molar-refractivity contribution < 1.29 is 0 Å². The topological polar surface area (TPSA) is 15.3 Å². The molecule has 0 amide bonds. The van der Waals surface area contributed by atoms with Gasteiger partial charge in [-0.05, 0) is 32.3 Å². The molecule has 2 atom stereocenters. The zero-order valence-corrected chi connectivity index (χ0v) is 12.8. The molecule has 0 aliphatic carbocycles. The summed E-state index contributed by atoms with van der Waals surface area (Å²) < 4.78 is 0. The van der Waals surface area contributed by atoms with E-state index in [2.05, 4.69) is 68.2 Å². The van der Waals surface area contributed by atoms with Gasteiger partial charge >= 0.3 is 0 Å². The summed E-state index contributed by atoms with van der Waals surface area (Å²) in [5.41, 5.74) is 1.74. The van der Waals surface area contributed by atoms with Crippen LogP contribution in [0.25, 0.3) is 0 Å². The number of hydrogen-bond acceptors (Lipinski definition) is 2. The van der Waals surface area contributed by atoms with E-state index in [1.165, 1.54) is 18.4 Å². The predicted octanol–water partition coefficient (Wildman–Crippen LogP) is 3.60. The molecule has 1 aliphatic heterocycles. The fourth-order valence-corrected chi connectivity index (χ4v) is 3.18. The number of benzene rings is 1. The van der Waals surface area contributed by atoms with Gasteiger partial charge < -0.3 is 5.32 Å². The van der Waals surface area contributed by atoms with Gasteiger partial charge in [0.25, 0.3) is 0 Å². The fraction of sp³-hybridized carbons (Fsp3) is 0.647. The summed E-state index contributed by atoms with van der Waals surface area (Å²) in [6.07, 6.45) is 2.44. The summed E-state index contributed by atoms with van der Waals surface area (Å²) >= 11 is 0. The first kappa shape index (κ1) is 14.5. The van der Waals surface area contributed by atoms with Gasteiger partial charge in [-0.3, -0.25) is 4.90 Å². The number of piperazine rings is 1. The molecule has 2 unspecified atom stereocenters. The van der Waals surface area contributed by atoms with Crippen molar-refractivity contribution in [1.82, 2.24) is 10.2 Å². The van der Waals surface area contributed by atoms with Crippen molar-refractivity contribution in [2.24, 2.45) is 0 Å². The van der Waals surface area contributed by atoms with Crippen molar-refractivity contribution in [3.63, 3.8) is 0 Å². The Kier molecular flexibility index (Phi) is 4.64. The van der Waals surface area contributed by atoms with Crippen LogP contribution < -0.4 is 5.32 Å². The van der Waals surface area contributed by atoms with Crippen molar-refractivity contribution in [3.8, 4) is 0 Å². The molecule has 1 aromatic carbocycles. The van der Waals surface area contributed by atoms with Crippen LogP contribution in [0.5, 0.6) is 0 Å². The average Bonchev–Trinajstić information content (AvgIpc) is 2.48. The quantitative estimate of drug-likeness (QED) is 0.890. The smallest absolute Gasteiger partial charge is 0.0450 e. The van der Waals surface area contributed by atoms with E-state index in [9.17, 15) is 0 Å². The highest BCUT2D eigenvalue weighted by Gasteiger charge is 2.36. The highest BCUT2D eigenvalue weighted by molar-refractivity contribution is 5.20. The van der Waals surface area contributed by atoms with Crippen LogP contribution >= 0.6 is 0 Å². The van der Waals surface area contributed by atoms with E-state index >= 15 is 0 Å². The lowest BCUT2D eigenvalue weighted by atomic mass is 9.88. The fourth-order valence-electron chi connectivity index (χ4n) is 3.18.